The molecule has 7 heteroatoms. The standard InChI is InChI=1S/C13H23NO5.C4H11N/c1-3-5-6-9(4-2)12(17)19-13(18)10(14)7-8-11(15)16;1-2-3-4-5/h9-10H,3-8,14H2,1-2H3,(H,15,16);2-5H2,1H3. The Labute approximate surface area is 145 Å². The Hall–Kier alpha value is -1.47. The summed E-state index contributed by atoms with van der Waals surface area (Å²) in [4.78, 5) is 33.6. The molecule has 7 nitrogen and oxygen atoms in total. The van der Waals surface area contributed by atoms with E-state index in [1.165, 1.54) is 12.8 Å². The fourth-order valence-electron chi connectivity index (χ4n) is 1.80. The Kier molecular flexibility index (Phi) is 16.9. The zero-order chi connectivity index (χ0) is 19.0. The van der Waals surface area contributed by atoms with Crippen LogP contribution >= 0.6 is 0 Å². The van der Waals surface area contributed by atoms with Gasteiger partial charge in [0.15, 0.2) is 0 Å². The van der Waals surface area contributed by atoms with Gasteiger partial charge < -0.3 is 21.3 Å². The second kappa shape index (κ2) is 16.4. The van der Waals surface area contributed by atoms with Crippen LogP contribution in [0.3, 0.4) is 0 Å². The Balaban J connectivity index is 0. The van der Waals surface area contributed by atoms with Crippen LogP contribution in [-0.2, 0) is 19.1 Å². The van der Waals surface area contributed by atoms with Crippen molar-refractivity contribution in [3.05, 3.63) is 0 Å². The summed E-state index contributed by atoms with van der Waals surface area (Å²) in [5.41, 5.74) is 10.6. The second-order valence-electron chi connectivity index (χ2n) is 5.67. The van der Waals surface area contributed by atoms with Crippen LogP contribution in [0.2, 0.25) is 0 Å². The maximum absolute atomic E-state index is 11.7. The molecule has 0 heterocycles. The fourth-order valence-corrected chi connectivity index (χ4v) is 1.80. The molecule has 0 aliphatic heterocycles. The van der Waals surface area contributed by atoms with Gasteiger partial charge in [0.1, 0.15) is 6.04 Å². The largest absolute Gasteiger partial charge is 0.481 e. The third kappa shape index (κ3) is 14.1. The van der Waals surface area contributed by atoms with Gasteiger partial charge in [0.05, 0.1) is 5.92 Å². The van der Waals surface area contributed by atoms with Gasteiger partial charge in [-0.05, 0) is 32.2 Å². The number of carboxylic acid groups (broad SMARTS) is 1. The van der Waals surface area contributed by atoms with Crippen LogP contribution in [0, 0.1) is 5.92 Å². The predicted molar refractivity (Wildman–Crippen MR) is 93.2 cm³/mol. The molecule has 5 N–H and O–H groups in total. The van der Waals surface area contributed by atoms with Crippen LogP contribution in [0.1, 0.15) is 72.1 Å². The minimum Gasteiger partial charge on any atom is -0.481 e. The molecule has 0 aliphatic carbocycles. The number of nitrogens with two attached hydrogens (primary N) is 2. The molecule has 0 spiro atoms. The average molecular weight is 346 g/mol. The minimum absolute atomic E-state index is 0.0345. The Bertz CT molecular complexity index is 359. The van der Waals surface area contributed by atoms with Crippen molar-refractivity contribution in [2.45, 2.75) is 78.2 Å². The highest BCUT2D eigenvalue weighted by Crippen LogP contribution is 2.15. The number of carbonyl (C=O) groups is 3. The number of esters is 2. The van der Waals surface area contributed by atoms with Gasteiger partial charge in [0.2, 0.25) is 0 Å². The average Bonchev–Trinajstić information content (AvgIpc) is 2.54. The van der Waals surface area contributed by atoms with Crippen molar-refractivity contribution in [1.82, 2.24) is 0 Å². The molecule has 0 saturated heterocycles. The third-order valence-electron chi connectivity index (χ3n) is 3.46. The smallest absolute Gasteiger partial charge is 0.330 e. The van der Waals surface area contributed by atoms with Crippen molar-refractivity contribution in [2.24, 2.45) is 17.4 Å². The molecule has 0 aromatic heterocycles. The first-order chi connectivity index (χ1) is 11.3. The van der Waals surface area contributed by atoms with E-state index in [0.29, 0.717) is 12.8 Å². The second-order valence-corrected chi connectivity index (χ2v) is 5.67. The molecule has 24 heavy (non-hydrogen) atoms. The van der Waals surface area contributed by atoms with Gasteiger partial charge in [-0.3, -0.25) is 9.59 Å². The molecule has 0 amide bonds. The summed E-state index contributed by atoms with van der Waals surface area (Å²) in [7, 11) is 0. The summed E-state index contributed by atoms with van der Waals surface area (Å²) in [6.07, 6.45) is 5.28. The maximum Gasteiger partial charge on any atom is 0.330 e. The number of unbranched alkanes of at least 4 members (excludes halogenated alkanes) is 2. The fraction of sp³-hybridized carbons (Fsp3) is 0.824. The van der Waals surface area contributed by atoms with Crippen molar-refractivity contribution in [3.63, 3.8) is 0 Å². The third-order valence-corrected chi connectivity index (χ3v) is 3.46. The predicted octanol–water partition coefficient (Wildman–Crippen LogP) is 2.21. The van der Waals surface area contributed by atoms with Crippen molar-refractivity contribution >= 4 is 17.9 Å². The molecule has 0 radical (unpaired) electrons. The Morgan fingerprint density at radius 3 is 1.96 bits per heavy atom. The van der Waals surface area contributed by atoms with E-state index in [2.05, 4.69) is 6.92 Å². The molecule has 0 fully saturated rings. The summed E-state index contributed by atoms with van der Waals surface area (Å²) in [5, 5.41) is 8.47. The van der Waals surface area contributed by atoms with Gasteiger partial charge in [-0.25, -0.2) is 4.79 Å². The zero-order valence-electron chi connectivity index (χ0n) is 15.3. The van der Waals surface area contributed by atoms with Gasteiger partial charge in [-0.2, -0.15) is 0 Å². The summed E-state index contributed by atoms with van der Waals surface area (Å²) < 4.78 is 4.70. The van der Waals surface area contributed by atoms with Crippen LogP contribution in [0.25, 0.3) is 0 Å². The van der Waals surface area contributed by atoms with Gasteiger partial charge in [0, 0.05) is 6.42 Å². The van der Waals surface area contributed by atoms with Crippen LogP contribution in [-0.4, -0.2) is 35.6 Å². The quantitative estimate of drug-likeness (QED) is 0.386. The lowest BCUT2D eigenvalue weighted by molar-refractivity contribution is -0.164. The number of ether oxygens (including phenoxy) is 1. The number of aliphatic carboxylic acids is 1. The SMILES string of the molecule is CCCCC(CC)C(=O)OC(=O)C(N)CCC(=O)O.CCCCN. The summed E-state index contributed by atoms with van der Waals surface area (Å²) in [6, 6.07) is -1.07. The van der Waals surface area contributed by atoms with E-state index in [-0.39, 0.29) is 18.8 Å². The van der Waals surface area contributed by atoms with E-state index in [4.69, 9.17) is 21.3 Å². The summed E-state index contributed by atoms with van der Waals surface area (Å²) in [6.45, 7) is 6.85. The first-order valence-corrected chi connectivity index (χ1v) is 8.76. The Morgan fingerprint density at radius 2 is 1.58 bits per heavy atom. The highest BCUT2D eigenvalue weighted by Gasteiger charge is 2.24. The molecule has 142 valence electrons. The highest BCUT2D eigenvalue weighted by atomic mass is 16.6. The van der Waals surface area contributed by atoms with E-state index in [1.54, 1.807) is 0 Å². The van der Waals surface area contributed by atoms with E-state index in [9.17, 15) is 14.4 Å². The lowest BCUT2D eigenvalue weighted by Crippen LogP contribution is -2.35. The molecule has 0 rings (SSSR count). The zero-order valence-corrected chi connectivity index (χ0v) is 15.3. The normalized spacial score (nSPS) is 12.5. The molecule has 0 aliphatic rings. The summed E-state index contributed by atoms with van der Waals surface area (Å²) >= 11 is 0. The molecular formula is C17H34N2O5. The van der Waals surface area contributed by atoms with Crippen molar-refractivity contribution < 1.29 is 24.2 Å². The van der Waals surface area contributed by atoms with E-state index >= 15 is 0 Å². The van der Waals surface area contributed by atoms with Crippen molar-refractivity contribution in [2.75, 3.05) is 6.54 Å². The molecule has 0 saturated carbocycles. The number of rotatable bonds is 11. The summed E-state index contributed by atoms with van der Waals surface area (Å²) in [5.74, 6) is -2.74. The van der Waals surface area contributed by atoms with Gasteiger partial charge >= 0.3 is 17.9 Å². The molecule has 0 aromatic carbocycles. The first kappa shape index (κ1) is 24.8. The highest BCUT2D eigenvalue weighted by molar-refractivity contribution is 5.89. The van der Waals surface area contributed by atoms with Gasteiger partial charge in [0.25, 0.3) is 0 Å². The Morgan fingerprint density at radius 1 is 1.00 bits per heavy atom. The number of carbonyl (C=O) groups excluding carboxylic acids is 2. The van der Waals surface area contributed by atoms with Gasteiger partial charge in [-0.15, -0.1) is 0 Å². The van der Waals surface area contributed by atoms with Crippen molar-refractivity contribution in [3.8, 4) is 0 Å². The van der Waals surface area contributed by atoms with E-state index < -0.39 is 23.9 Å². The molecule has 0 bridgehead atoms. The van der Waals surface area contributed by atoms with Gasteiger partial charge in [-0.1, -0.05) is 40.0 Å². The molecule has 0 aromatic rings. The van der Waals surface area contributed by atoms with Crippen LogP contribution in [0.4, 0.5) is 0 Å². The van der Waals surface area contributed by atoms with Crippen molar-refractivity contribution in [1.29, 1.82) is 0 Å². The lowest BCUT2D eigenvalue weighted by atomic mass is 10.00. The lowest BCUT2D eigenvalue weighted by Gasteiger charge is -2.14. The molecular weight excluding hydrogens is 312 g/mol. The first-order valence-electron chi connectivity index (χ1n) is 8.76. The van der Waals surface area contributed by atoms with E-state index in [0.717, 1.165) is 19.4 Å². The molecule has 2 atom stereocenters. The van der Waals surface area contributed by atoms with E-state index in [1.807, 2.05) is 13.8 Å². The van der Waals surface area contributed by atoms with Crippen LogP contribution < -0.4 is 11.5 Å². The minimum atomic E-state index is -1.07. The maximum atomic E-state index is 11.7. The monoisotopic (exact) mass is 346 g/mol. The number of hydrogen-bond donors (Lipinski definition) is 3. The topological polar surface area (TPSA) is 133 Å². The number of carboxylic acids is 1. The van der Waals surface area contributed by atoms with Crippen LogP contribution in [0.5, 0.6) is 0 Å². The van der Waals surface area contributed by atoms with Crippen LogP contribution in [0.15, 0.2) is 0 Å². The number of hydrogen-bond acceptors (Lipinski definition) is 6. The molecule has 2 unspecified atom stereocenters.